The standard InChI is InChI=1S/C18H23ClN6/c1-20-18(24(3)12-14-9-13(19)11-23(14)2)21-10-17-22-15-7-5-6-8-16(15)25(17)4/h5-9,11H,10,12H2,1-4H3,(H,20,21). The SMILES string of the molecule is CN=C(NCc1nc2ccccc2n1C)N(C)Cc1cc(Cl)cn1C. The number of rotatable bonds is 4. The van der Waals surface area contributed by atoms with Crippen molar-refractivity contribution in [3.05, 3.63) is 53.1 Å². The Labute approximate surface area is 152 Å². The minimum absolute atomic E-state index is 0.607. The van der Waals surface area contributed by atoms with E-state index in [1.165, 1.54) is 0 Å². The van der Waals surface area contributed by atoms with Crippen LogP contribution < -0.4 is 5.32 Å². The maximum atomic E-state index is 6.06. The third-order valence-electron chi connectivity index (χ3n) is 4.33. The molecule has 3 rings (SSSR count). The predicted molar refractivity (Wildman–Crippen MR) is 103 cm³/mol. The first kappa shape index (κ1) is 17.4. The van der Waals surface area contributed by atoms with Gasteiger partial charge >= 0.3 is 0 Å². The molecule has 3 aromatic rings. The van der Waals surface area contributed by atoms with E-state index in [1.807, 2.05) is 56.2 Å². The first-order valence-electron chi connectivity index (χ1n) is 8.12. The number of nitrogens with one attached hydrogen (secondary N) is 1. The lowest BCUT2D eigenvalue weighted by Crippen LogP contribution is -2.38. The van der Waals surface area contributed by atoms with Gasteiger partial charge in [0.25, 0.3) is 0 Å². The van der Waals surface area contributed by atoms with Crippen molar-refractivity contribution >= 4 is 28.6 Å². The fourth-order valence-electron chi connectivity index (χ4n) is 2.94. The van der Waals surface area contributed by atoms with Gasteiger partial charge in [-0.05, 0) is 18.2 Å². The molecule has 132 valence electrons. The third-order valence-corrected chi connectivity index (χ3v) is 4.54. The van der Waals surface area contributed by atoms with E-state index in [1.54, 1.807) is 7.05 Å². The third kappa shape index (κ3) is 3.64. The molecule has 1 aromatic carbocycles. The molecule has 0 aliphatic carbocycles. The molecular weight excluding hydrogens is 336 g/mol. The second-order valence-corrected chi connectivity index (χ2v) is 6.53. The van der Waals surface area contributed by atoms with Crippen LogP contribution in [0, 0.1) is 0 Å². The Morgan fingerprint density at radius 3 is 2.72 bits per heavy atom. The van der Waals surface area contributed by atoms with E-state index in [0.717, 1.165) is 33.5 Å². The summed E-state index contributed by atoms with van der Waals surface area (Å²) in [7, 11) is 7.81. The Morgan fingerprint density at radius 2 is 2.08 bits per heavy atom. The van der Waals surface area contributed by atoms with Gasteiger partial charge in [0.1, 0.15) is 5.82 Å². The minimum Gasteiger partial charge on any atom is -0.351 e. The average Bonchev–Trinajstić information content (AvgIpc) is 3.07. The normalized spacial score (nSPS) is 12.0. The van der Waals surface area contributed by atoms with Crippen LogP contribution in [0.4, 0.5) is 0 Å². The molecule has 0 radical (unpaired) electrons. The number of para-hydroxylation sites is 2. The Bertz CT molecular complexity index is 908. The molecule has 0 saturated carbocycles. The molecule has 0 atom stereocenters. The Balaban J connectivity index is 1.69. The van der Waals surface area contributed by atoms with Crippen LogP contribution in [0.3, 0.4) is 0 Å². The maximum Gasteiger partial charge on any atom is 0.194 e. The summed E-state index contributed by atoms with van der Waals surface area (Å²) in [5.74, 6) is 1.78. The van der Waals surface area contributed by atoms with Crippen molar-refractivity contribution < 1.29 is 0 Å². The number of nitrogens with zero attached hydrogens (tertiary/aromatic N) is 5. The van der Waals surface area contributed by atoms with Crippen LogP contribution in [0.25, 0.3) is 11.0 Å². The second-order valence-electron chi connectivity index (χ2n) is 6.09. The summed E-state index contributed by atoms with van der Waals surface area (Å²) < 4.78 is 4.13. The van der Waals surface area contributed by atoms with Crippen molar-refractivity contribution in [3.63, 3.8) is 0 Å². The smallest absolute Gasteiger partial charge is 0.194 e. The maximum absolute atomic E-state index is 6.06. The van der Waals surface area contributed by atoms with Crippen molar-refractivity contribution in [2.75, 3.05) is 14.1 Å². The fraction of sp³-hybridized carbons (Fsp3) is 0.333. The molecule has 0 spiro atoms. The number of guanidine groups is 1. The molecule has 2 aromatic heterocycles. The van der Waals surface area contributed by atoms with Crippen LogP contribution in [0.1, 0.15) is 11.5 Å². The molecule has 0 unspecified atom stereocenters. The fourth-order valence-corrected chi connectivity index (χ4v) is 3.21. The summed E-state index contributed by atoms with van der Waals surface area (Å²) in [6.45, 7) is 1.32. The number of benzene rings is 1. The summed E-state index contributed by atoms with van der Waals surface area (Å²) in [5, 5.41) is 4.13. The Kier molecular flexibility index (Phi) is 4.99. The number of aryl methyl sites for hydroxylation is 2. The Hall–Kier alpha value is -2.47. The van der Waals surface area contributed by atoms with Crippen LogP contribution in [0.2, 0.25) is 5.02 Å². The van der Waals surface area contributed by atoms with Crippen LogP contribution in [-0.4, -0.2) is 39.1 Å². The van der Waals surface area contributed by atoms with Crippen LogP contribution in [0.5, 0.6) is 0 Å². The molecule has 0 fully saturated rings. The molecule has 7 heteroatoms. The van der Waals surface area contributed by atoms with Crippen LogP contribution in [-0.2, 0) is 27.2 Å². The largest absolute Gasteiger partial charge is 0.351 e. The van der Waals surface area contributed by atoms with Gasteiger partial charge in [-0.25, -0.2) is 4.98 Å². The highest BCUT2D eigenvalue weighted by molar-refractivity contribution is 6.30. The molecule has 0 aliphatic rings. The molecule has 6 nitrogen and oxygen atoms in total. The summed E-state index contributed by atoms with van der Waals surface area (Å²) in [4.78, 5) is 11.1. The molecule has 0 amide bonds. The number of halogens is 1. The van der Waals surface area contributed by atoms with Gasteiger partial charge < -0.3 is 19.4 Å². The van der Waals surface area contributed by atoms with Gasteiger partial charge in [0.05, 0.1) is 29.1 Å². The van der Waals surface area contributed by atoms with Gasteiger partial charge in [-0.2, -0.15) is 0 Å². The quantitative estimate of drug-likeness (QED) is 0.576. The molecule has 1 N–H and O–H groups in total. The topological polar surface area (TPSA) is 50.4 Å². The summed E-state index contributed by atoms with van der Waals surface area (Å²) >= 11 is 6.06. The first-order chi connectivity index (χ1) is 12.0. The van der Waals surface area contributed by atoms with Crippen molar-refractivity contribution in [1.29, 1.82) is 0 Å². The zero-order valence-corrected chi connectivity index (χ0v) is 15.7. The number of hydrogen-bond donors (Lipinski definition) is 1. The van der Waals surface area contributed by atoms with Gasteiger partial charge in [-0.1, -0.05) is 23.7 Å². The highest BCUT2D eigenvalue weighted by Crippen LogP contribution is 2.15. The summed E-state index contributed by atoms with van der Waals surface area (Å²) in [6.07, 6.45) is 1.90. The van der Waals surface area contributed by atoms with Gasteiger partial charge in [0.15, 0.2) is 5.96 Å². The number of fused-ring (bicyclic) bond motifs is 1. The number of hydrogen-bond acceptors (Lipinski definition) is 2. The molecular formula is C18H23ClN6. The van der Waals surface area contributed by atoms with E-state index in [4.69, 9.17) is 11.6 Å². The van der Waals surface area contributed by atoms with E-state index in [2.05, 4.69) is 30.8 Å². The van der Waals surface area contributed by atoms with Crippen molar-refractivity contribution in [2.45, 2.75) is 13.1 Å². The van der Waals surface area contributed by atoms with Gasteiger partial charge in [-0.3, -0.25) is 4.99 Å². The highest BCUT2D eigenvalue weighted by Gasteiger charge is 2.12. The molecule has 2 heterocycles. The summed E-state index contributed by atoms with van der Waals surface area (Å²) in [5.41, 5.74) is 3.25. The summed E-state index contributed by atoms with van der Waals surface area (Å²) in [6, 6.07) is 10.1. The average molecular weight is 359 g/mol. The van der Waals surface area contributed by atoms with E-state index in [9.17, 15) is 0 Å². The number of imidazole rings is 1. The zero-order valence-electron chi connectivity index (χ0n) is 15.0. The van der Waals surface area contributed by atoms with E-state index in [0.29, 0.717) is 13.1 Å². The second kappa shape index (κ2) is 7.19. The van der Waals surface area contributed by atoms with E-state index >= 15 is 0 Å². The van der Waals surface area contributed by atoms with Crippen molar-refractivity contribution in [2.24, 2.45) is 19.1 Å². The first-order valence-corrected chi connectivity index (χ1v) is 8.50. The van der Waals surface area contributed by atoms with Crippen molar-refractivity contribution in [1.82, 2.24) is 24.3 Å². The Morgan fingerprint density at radius 1 is 1.32 bits per heavy atom. The molecule has 0 saturated heterocycles. The lowest BCUT2D eigenvalue weighted by atomic mass is 10.3. The van der Waals surface area contributed by atoms with E-state index in [-0.39, 0.29) is 0 Å². The van der Waals surface area contributed by atoms with Crippen LogP contribution >= 0.6 is 11.6 Å². The zero-order chi connectivity index (χ0) is 18.0. The minimum atomic E-state index is 0.607. The lowest BCUT2D eigenvalue weighted by molar-refractivity contribution is 0.460. The molecule has 25 heavy (non-hydrogen) atoms. The number of aromatic nitrogens is 3. The monoisotopic (exact) mass is 358 g/mol. The van der Waals surface area contributed by atoms with Crippen molar-refractivity contribution in [3.8, 4) is 0 Å². The lowest BCUT2D eigenvalue weighted by Gasteiger charge is -2.22. The molecule has 0 aliphatic heterocycles. The van der Waals surface area contributed by atoms with Gasteiger partial charge in [-0.15, -0.1) is 0 Å². The predicted octanol–water partition coefficient (Wildman–Crippen LogP) is 2.77. The highest BCUT2D eigenvalue weighted by atomic mass is 35.5. The van der Waals surface area contributed by atoms with Crippen LogP contribution in [0.15, 0.2) is 41.5 Å². The van der Waals surface area contributed by atoms with Gasteiger partial charge in [0, 0.05) is 40.1 Å². The van der Waals surface area contributed by atoms with E-state index < -0.39 is 0 Å². The van der Waals surface area contributed by atoms with Gasteiger partial charge in [0.2, 0.25) is 0 Å². The number of aliphatic imine (C=N–C) groups is 1. The molecule has 0 bridgehead atoms.